The van der Waals surface area contributed by atoms with Crippen LogP contribution in [0, 0.1) is 17.8 Å². The summed E-state index contributed by atoms with van der Waals surface area (Å²) in [5.41, 5.74) is 6.34. The second-order valence-electron chi connectivity index (χ2n) is 10.6. The maximum absolute atomic E-state index is 12.5. The van der Waals surface area contributed by atoms with Gasteiger partial charge < -0.3 is 39.3 Å². The van der Waals surface area contributed by atoms with E-state index in [1.165, 1.54) is 18.2 Å². The average Bonchev–Trinajstić information content (AvgIpc) is 2.92. The number of rotatable bonds is 16. The molecule has 0 spiro atoms. The van der Waals surface area contributed by atoms with Gasteiger partial charge in [-0.15, -0.1) is 0 Å². The number of carbonyl (C=O) groups is 4. The zero-order valence-corrected chi connectivity index (χ0v) is 25.0. The fourth-order valence-electron chi connectivity index (χ4n) is 3.32. The predicted octanol–water partition coefficient (Wildman–Crippen LogP) is 5.89. The first-order chi connectivity index (χ1) is 19.3. The Bertz CT molecular complexity index is 997. The molecule has 12 heteroatoms. The number of benzene rings is 1. The number of carboxylic acids is 1. The van der Waals surface area contributed by atoms with Crippen molar-refractivity contribution in [1.29, 1.82) is 0 Å². The normalized spacial score (nSPS) is 14.7. The molecule has 0 saturated carbocycles. The van der Waals surface area contributed by atoms with Gasteiger partial charge in [0.2, 0.25) is 0 Å². The van der Waals surface area contributed by atoms with Gasteiger partial charge in [-0.25, -0.2) is 14.4 Å². The predicted molar refractivity (Wildman–Crippen MR) is 149 cm³/mol. The lowest BCUT2D eigenvalue weighted by Crippen LogP contribution is -2.38. The molecule has 3 N–H and O–H groups in total. The molecule has 0 bridgehead atoms. The summed E-state index contributed by atoms with van der Waals surface area (Å²) in [7, 11) is 0. The van der Waals surface area contributed by atoms with E-state index < -0.39 is 42.5 Å². The zero-order chi connectivity index (χ0) is 31.1. The SMILES string of the molecule is CCC(C)COC(=O)Oc1ccc(C(CC(C)OC(=O)OCC(C)C)[C@H](N)C(=O)O)cc1OC(=O)OCC(C)CC. The zero-order valence-electron chi connectivity index (χ0n) is 25.0. The van der Waals surface area contributed by atoms with Crippen molar-refractivity contribution in [2.75, 3.05) is 19.8 Å². The number of hydrogen-bond donors (Lipinski definition) is 2. The van der Waals surface area contributed by atoms with Crippen molar-refractivity contribution in [3.8, 4) is 11.5 Å². The Balaban J connectivity index is 3.27. The van der Waals surface area contributed by atoms with Gasteiger partial charge in [0, 0.05) is 5.92 Å². The summed E-state index contributed by atoms with van der Waals surface area (Å²) < 4.78 is 31.2. The van der Waals surface area contributed by atoms with Crippen LogP contribution in [0.2, 0.25) is 0 Å². The Morgan fingerprint density at radius 1 is 0.780 bits per heavy atom. The van der Waals surface area contributed by atoms with Crippen LogP contribution in [0.3, 0.4) is 0 Å². The first kappa shape index (κ1) is 35.5. The number of ether oxygens (including phenoxy) is 6. The standard InChI is InChI=1S/C29H45NO11/c1-8-18(5)15-37-28(34)40-23-11-10-21(13-24(23)41-29(35)38-16-19(6)9-2)22(25(30)26(31)32)12-20(7)39-27(33)36-14-17(3)4/h10-11,13,17-20,22,25H,8-9,12,14-16,30H2,1-7H3,(H,31,32)/t18?,19?,20?,22?,25-/m0/s1. The highest BCUT2D eigenvalue weighted by molar-refractivity contribution is 5.75. The molecule has 4 unspecified atom stereocenters. The average molecular weight is 584 g/mol. The number of hydrogen-bond acceptors (Lipinski definition) is 11. The number of nitrogens with two attached hydrogens (primary N) is 1. The van der Waals surface area contributed by atoms with Gasteiger partial charge in [-0.05, 0) is 48.8 Å². The van der Waals surface area contributed by atoms with Crippen molar-refractivity contribution in [2.45, 2.75) is 85.8 Å². The van der Waals surface area contributed by atoms with Gasteiger partial charge in [-0.3, -0.25) is 4.79 Å². The fraction of sp³-hybridized carbons (Fsp3) is 0.655. The number of aliphatic carboxylic acids is 1. The quantitative estimate of drug-likeness (QED) is 0.134. The summed E-state index contributed by atoms with van der Waals surface area (Å²) in [4.78, 5) is 48.6. The van der Waals surface area contributed by atoms with E-state index >= 15 is 0 Å². The van der Waals surface area contributed by atoms with E-state index in [4.69, 9.17) is 34.2 Å². The van der Waals surface area contributed by atoms with Gasteiger partial charge in [-0.1, -0.05) is 60.5 Å². The van der Waals surface area contributed by atoms with Gasteiger partial charge in [0.25, 0.3) is 0 Å². The van der Waals surface area contributed by atoms with E-state index in [-0.39, 0.29) is 55.5 Å². The first-order valence-electron chi connectivity index (χ1n) is 13.9. The van der Waals surface area contributed by atoms with E-state index in [0.717, 1.165) is 12.8 Å². The third-order valence-corrected chi connectivity index (χ3v) is 6.28. The largest absolute Gasteiger partial charge is 0.513 e. The molecule has 0 aromatic heterocycles. The van der Waals surface area contributed by atoms with Crippen LogP contribution in [-0.2, 0) is 23.7 Å². The Morgan fingerprint density at radius 2 is 1.29 bits per heavy atom. The van der Waals surface area contributed by atoms with Crippen molar-refractivity contribution in [2.24, 2.45) is 23.5 Å². The smallest absolute Gasteiger partial charge is 0.480 e. The summed E-state index contributed by atoms with van der Waals surface area (Å²) in [6, 6.07) is 2.73. The highest BCUT2D eigenvalue weighted by Crippen LogP contribution is 2.35. The molecule has 0 aliphatic rings. The Morgan fingerprint density at radius 3 is 1.78 bits per heavy atom. The van der Waals surface area contributed by atoms with Crippen LogP contribution in [0.5, 0.6) is 11.5 Å². The minimum Gasteiger partial charge on any atom is -0.480 e. The molecule has 0 fully saturated rings. The van der Waals surface area contributed by atoms with Crippen molar-refractivity contribution in [3.05, 3.63) is 23.8 Å². The van der Waals surface area contributed by atoms with Crippen molar-refractivity contribution < 1.29 is 52.7 Å². The second-order valence-corrected chi connectivity index (χ2v) is 10.6. The fourth-order valence-corrected chi connectivity index (χ4v) is 3.32. The molecule has 1 rings (SSSR count). The third-order valence-electron chi connectivity index (χ3n) is 6.28. The molecule has 0 aliphatic heterocycles. The van der Waals surface area contributed by atoms with Crippen LogP contribution in [0.1, 0.15) is 79.2 Å². The van der Waals surface area contributed by atoms with Crippen LogP contribution in [0.4, 0.5) is 14.4 Å². The topological polar surface area (TPSA) is 170 Å². The molecular formula is C29H45NO11. The summed E-state index contributed by atoms with van der Waals surface area (Å²) in [6.45, 7) is 13.4. The molecule has 12 nitrogen and oxygen atoms in total. The molecule has 1 aromatic carbocycles. The minimum absolute atomic E-state index is 0.000696. The lowest BCUT2D eigenvalue weighted by molar-refractivity contribution is -0.139. The van der Waals surface area contributed by atoms with Crippen LogP contribution in [-0.4, -0.2) is 61.5 Å². The minimum atomic E-state index is -1.41. The lowest BCUT2D eigenvalue weighted by atomic mass is 9.87. The number of carbonyl (C=O) groups excluding carboxylic acids is 3. The summed E-state index contributed by atoms with van der Waals surface area (Å²) in [6.07, 6.45) is -2.14. The molecule has 41 heavy (non-hydrogen) atoms. The van der Waals surface area contributed by atoms with Gasteiger partial charge in [0.1, 0.15) is 12.1 Å². The molecule has 1 aromatic rings. The van der Waals surface area contributed by atoms with E-state index in [1.807, 2.05) is 41.5 Å². The van der Waals surface area contributed by atoms with E-state index in [1.54, 1.807) is 6.92 Å². The third kappa shape index (κ3) is 13.6. The molecule has 0 radical (unpaired) electrons. The van der Waals surface area contributed by atoms with Crippen molar-refractivity contribution in [1.82, 2.24) is 0 Å². The van der Waals surface area contributed by atoms with Crippen molar-refractivity contribution >= 4 is 24.4 Å². The second kappa shape index (κ2) is 18.0. The lowest BCUT2D eigenvalue weighted by Gasteiger charge is -2.25. The molecule has 0 heterocycles. The van der Waals surface area contributed by atoms with Gasteiger partial charge in [-0.2, -0.15) is 0 Å². The monoisotopic (exact) mass is 583 g/mol. The van der Waals surface area contributed by atoms with Crippen molar-refractivity contribution in [3.63, 3.8) is 0 Å². The van der Waals surface area contributed by atoms with Crippen LogP contribution in [0.15, 0.2) is 18.2 Å². The Hall–Kier alpha value is -3.54. The van der Waals surface area contributed by atoms with Gasteiger partial charge in [0.05, 0.1) is 19.8 Å². The van der Waals surface area contributed by atoms with E-state index in [0.29, 0.717) is 5.56 Å². The molecular weight excluding hydrogens is 538 g/mol. The maximum atomic E-state index is 12.5. The van der Waals surface area contributed by atoms with E-state index in [2.05, 4.69) is 0 Å². The van der Waals surface area contributed by atoms with E-state index in [9.17, 15) is 24.3 Å². The van der Waals surface area contributed by atoms with Crippen LogP contribution >= 0.6 is 0 Å². The summed E-state index contributed by atoms with van der Waals surface area (Å²) in [5.74, 6) is -2.24. The molecule has 0 aliphatic carbocycles. The van der Waals surface area contributed by atoms with Crippen LogP contribution in [0.25, 0.3) is 0 Å². The maximum Gasteiger partial charge on any atom is 0.513 e. The molecule has 0 amide bonds. The summed E-state index contributed by atoms with van der Waals surface area (Å²) in [5, 5.41) is 9.66. The Kier molecular flexibility index (Phi) is 15.6. The molecule has 0 saturated heterocycles. The molecule has 5 atom stereocenters. The van der Waals surface area contributed by atoms with Gasteiger partial charge in [0.15, 0.2) is 11.5 Å². The highest BCUT2D eigenvalue weighted by Gasteiger charge is 2.30. The number of carboxylic acid groups (broad SMARTS) is 1. The summed E-state index contributed by atoms with van der Waals surface area (Å²) >= 11 is 0. The molecule has 232 valence electrons. The Labute approximate surface area is 241 Å². The first-order valence-corrected chi connectivity index (χ1v) is 13.9. The van der Waals surface area contributed by atoms with Gasteiger partial charge >= 0.3 is 24.4 Å². The van der Waals surface area contributed by atoms with Crippen LogP contribution < -0.4 is 15.2 Å². The highest BCUT2D eigenvalue weighted by atomic mass is 16.7.